The SMILES string of the molecule is O=C(NNC(=O)[C@H]1COc2ccccc2O1)C(c1ccccc1)c1ccccc1. The monoisotopic (exact) mass is 388 g/mol. The minimum Gasteiger partial charge on any atom is -0.485 e. The number of fused-ring (bicyclic) bond motifs is 1. The van der Waals surface area contributed by atoms with E-state index in [9.17, 15) is 9.59 Å². The van der Waals surface area contributed by atoms with Gasteiger partial charge in [-0.2, -0.15) is 0 Å². The Morgan fingerprint density at radius 2 is 1.31 bits per heavy atom. The van der Waals surface area contributed by atoms with E-state index in [1.54, 1.807) is 18.2 Å². The summed E-state index contributed by atoms with van der Waals surface area (Å²) in [7, 11) is 0. The lowest BCUT2D eigenvalue weighted by molar-refractivity contribution is -0.135. The first-order chi connectivity index (χ1) is 14.2. The van der Waals surface area contributed by atoms with E-state index < -0.39 is 17.9 Å². The molecule has 1 aliphatic heterocycles. The standard InChI is InChI=1S/C23H20N2O4/c26-22(20-15-28-18-13-7-8-14-19(18)29-20)24-25-23(27)21(16-9-3-1-4-10-16)17-11-5-2-6-12-17/h1-14,20-21H,15H2,(H,24,26)(H,25,27)/t20-/m1/s1. The quantitative estimate of drug-likeness (QED) is 0.674. The predicted molar refractivity (Wildman–Crippen MR) is 107 cm³/mol. The highest BCUT2D eigenvalue weighted by atomic mass is 16.6. The molecule has 2 amide bonds. The van der Waals surface area contributed by atoms with Crippen molar-refractivity contribution < 1.29 is 19.1 Å². The Labute approximate surface area is 168 Å². The number of ether oxygens (including phenoxy) is 2. The molecule has 1 aliphatic rings. The number of benzene rings is 3. The summed E-state index contributed by atoms with van der Waals surface area (Å²) in [4.78, 5) is 25.4. The minimum atomic E-state index is -0.850. The Hall–Kier alpha value is -3.80. The molecule has 0 fully saturated rings. The van der Waals surface area contributed by atoms with Gasteiger partial charge in [0, 0.05) is 0 Å². The molecule has 0 aromatic heterocycles. The van der Waals surface area contributed by atoms with E-state index in [1.807, 2.05) is 66.7 Å². The Morgan fingerprint density at radius 3 is 1.93 bits per heavy atom. The Morgan fingerprint density at radius 1 is 0.759 bits per heavy atom. The number of para-hydroxylation sites is 2. The van der Waals surface area contributed by atoms with Gasteiger partial charge >= 0.3 is 0 Å². The molecule has 3 aromatic carbocycles. The van der Waals surface area contributed by atoms with Crippen LogP contribution in [0.15, 0.2) is 84.9 Å². The molecule has 0 unspecified atom stereocenters. The molecule has 0 saturated heterocycles. The number of hydrogen-bond acceptors (Lipinski definition) is 4. The van der Waals surface area contributed by atoms with Crippen LogP contribution in [0.5, 0.6) is 11.5 Å². The van der Waals surface area contributed by atoms with Crippen molar-refractivity contribution in [1.29, 1.82) is 0 Å². The van der Waals surface area contributed by atoms with E-state index in [2.05, 4.69) is 10.9 Å². The zero-order valence-electron chi connectivity index (χ0n) is 15.6. The zero-order valence-corrected chi connectivity index (χ0v) is 15.6. The van der Waals surface area contributed by atoms with Gasteiger partial charge < -0.3 is 9.47 Å². The molecule has 0 aliphatic carbocycles. The molecule has 4 rings (SSSR count). The van der Waals surface area contributed by atoms with Crippen LogP contribution in [0.25, 0.3) is 0 Å². The Bertz CT molecular complexity index is 953. The van der Waals surface area contributed by atoms with Crippen LogP contribution >= 0.6 is 0 Å². The number of rotatable bonds is 4. The van der Waals surface area contributed by atoms with Crippen LogP contribution in [-0.2, 0) is 9.59 Å². The van der Waals surface area contributed by atoms with Crippen molar-refractivity contribution in [2.45, 2.75) is 12.0 Å². The fourth-order valence-corrected chi connectivity index (χ4v) is 3.21. The van der Waals surface area contributed by atoms with Gasteiger partial charge in [0.05, 0.1) is 5.92 Å². The molecule has 0 saturated carbocycles. The van der Waals surface area contributed by atoms with Crippen LogP contribution in [0.3, 0.4) is 0 Å². The van der Waals surface area contributed by atoms with Gasteiger partial charge in [0.2, 0.25) is 12.0 Å². The van der Waals surface area contributed by atoms with Gasteiger partial charge in [0.25, 0.3) is 5.91 Å². The second-order valence-electron chi connectivity index (χ2n) is 6.60. The summed E-state index contributed by atoms with van der Waals surface area (Å²) in [5.74, 6) is -0.284. The molecule has 3 aromatic rings. The lowest BCUT2D eigenvalue weighted by atomic mass is 9.91. The van der Waals surface area contributed by atoms with E-state index >= 15 is 0 Å². The van der Waals surface area contributed by atoms with Gasteiger partial charge in [0.1, 0.15) is 6.61 Å². The maximum atomic E-state index is 12.9. The first-order valence-electron chi connectivity index (χ1n) is 9.30. The van der Waals surface area contributed by atoms with Crippen LogP contribution in [-0.4, -0.2) is 24.5 Å². The van der Waals surface area contributed by atoms with Crippen molar-refractivity contribution in [2.75, 3.05) is 6.61 Å². The van der Waals surface area contributed by atoms with E-state index in [4.69, 9.17) is 9.47 Å². The van der Waals surface area contributed by atoms with Gasteiger partial charge in [0.15, 0.2) is 11.5 Å². The van der Waals surface area contributed by atoms with Crippen molar-refractivity contribution >= 4 is 11.8 Å². The summed E-state index contributed by atoms with van der Waals surface area (Å²) in [5, 5.41) is 0. The predicted octanol–water partition coefficient (Wildman–Crippen LogP) is 2.81. The van der Waals surface area contributed by atoms with E-state index in [1.165, 1.54) is 0 Å². The smallest absolute Gasteiger partial charge is 0.283 e. The number of carbonyl (C=O) groups is 2. The van der Waals surface area contributed by atoms with E-state index in [-0.39, 0.29) is 12.5 Å². The average molecular weight is 388 g/mol. The second kappa shape index (κ2) is 8.48. The molecule has 1 heterocycles. The van der Waals surface area contributed by atoms with Crippen LogP contribution in [0.2, 0.25) is 0 Å². The maximum Gasteiger partial charge on any atom is 0.283 e. The molecule has 146 valence electrons. The molecule has 0 radical (unpaired) electrons. The summed E-state index contributed by atoms with van der Waals surface area (Å²) in [5.41, 5.74) is 6.65. The van der Waals surface area contributed by atoms with Crippen LogP contribution in [0.1, 0.15) is 17.0 Å². The normalized spacial score (nSPS) is 14.9. The van der Waals surface area contributed by atoms with Gasteiger partial charge in [-0.25, -0.2) is 0 Å². The van der Waals surface area contributed by atoms with Crippen molar-refractivity contribution in [1.82, 2.24) is 10.9 Å². The van der Waals surface area contributed by atoms with Crippen molar-refractivity contribution in [3.63, 3.8) is 0 Å². The molecule has 2 N–H and O–H groups in total. The highest BCUT2D eigenvalue weighted by molar-refractivity contribution is 5.90. The lowest BCUT2D eigenvalue weighted by Gasteiger charge is -2.26. The van der Waals surface area contributed by atoms with E-state index in [0.717, 1.165) is 11.1 Å². The highest BCUT2D eigenvalue weighted by Crippen LogP contribution is 2.30. The van der Waals surface area contributed by atoms with Crippen LogP contribution < -0.4 is 20.3 Å². The summed E-state index contributed by atoms with van der Waals surface area (Å²) in [6.07, 6.45) is -0.850. The van der Waals surface area contributed by atoms with Crippen molar-refractivity contribution in [2.24, 2.45) is 0 Å². The lowest BCUT2D eigenvalue weighted by Crippen LogP contribution is -2.51. The van der Waals surface area contributed by atoms with Gasteiger partial charge in [-0.15, -0.1) is 0 Å². The topological polar surface area (TPSA) is 76.7 Å². The summed E-state index contributed by atoms with van der Waals surface area (Å²) >= 11 is 0. The molecule has 6 heteroatoms. The third-order valence-corrected chi connectivity index (χ3v) is 4.64. The molecule has 29 heavy (non-hydrogen) atoms. The Balaban J connectivity index is 1.44. The molecule has 0 bridgehead atoms. The number of nitrogens with one attached hydrogen (secondary N) is 2. The van der Waals surface area contributed by atoms with Gasteiger partial charge in [-0.05, 0) is 23.3 Å². The largest absolute Gasteiger partial charge is 0.485 e. The highest BCUT2D eigenvalue weighted by Gasteiger charge is 2.29. The summed E-state index contributed by atoms with van der Waals surface area (Å²) in [6.45, 7) is 0.0690. The summed E-state index contributed by atoms with van der Waals surface area (Å²) in [6, 6.07) is 26.0. The number of amides is 2. The van der Waals surface area contributed by atoms with Crippen LogP contribution in [0.4, 0.5) is 0 Å². The Kier molecular flexibility index (Phi) is 5.42. The maximum absolute atomic E-state index is 12.9. The minimum absolute atomic E-state index is 0.0690. The second-order valence-corrected chi connectivity index (χ2v) is 6.60. The third-order valence-electron chi connectivity index (χ3n) is 4.64. The number of hydrogen-bond donors (Lipinski definition) is 2. The average Bonchev–Trinajstić information content (AvgIpc) is 2.79. The van der Waals surface area contributed by atoms with Crippen molar-refractivity contribution in [3.05, 3.63) is 96.1 Å². The zero-order chi connectivity index (χ0) is 20.1. The molecular formula is C23H20N2O4. The summed E-state index contributed by atoms with van der Waals surface area (Å²) < 4.78 is 11.2. The third kappa shape index (κ3) is 4.21. The molecule has 1 atom stereocenters. The number of carbonyl (C=O) groups excluding carboxylic acids is 2. The van der Waals surface area contributed by atoms with Gasteiger partial charge in [-0.3, -0.25) is 20.4 Å². The molecular weight excluding hydrogens is 368 g/mol. The first kappa shape index (κ1) is 18.6. The number of hydrazine groups is 1. The molecule has 6 nitrogen and oxygen atoms in total. The van der Waals surface area contributed by atoms with Crippen molar-refractivity contribution in [3.8, 4) is 11.5 Å². The van der Waals surface area contributed by atoms with Crippen LogP contribution in [0, 0.1) is 0 Å². The molecule has 0 spiro atoms. The first-order valence-corrected chi connectivity index (χ1v) is 9.30. The fourth-order valence-electron chi connectivity index (χ4n) is 3.21. The van der Waals surface area contributed by atoms with Gasteiger partial charge in [-0.1, -0.05) is 72.8 Å². The fraction of sp³-hybridized carbons (Fsp3) is 0.130. The van der Waals surface area contributed by atoms with E-state index in [0.29, 0.717) is 11.5 Å².